The number of hydrogen-bond donors (Lipinski definition) is 2. The Balaban J connectivity index is 1.55. The summed E-state index contributed by atoms with van der Waals surface area (Å²) in [4.78, 5) is 55.4. The van der Waals surface area contributed by atoms with E-state index in [0.717, 1.165) is 38.5 Å². The lowest BCUT2D eigenvalue weighted by atomic mass is 9.64. The average Bonchev–Trinajstić information content (AvgIpc) is 3.38. The van der Waals surface area contributed by atoms with Crippen molar-refractivity contribution in [2.45, 2.75) is 83.8 Å². The van der Waals surface area contributed by atoms with Gasteiger partial charge in [-0.25, -0.2) is 4.79 Å². The molecule has 3 atom stereocenters. The van der Waals surface area contributed by atoms with E-state index in [9.17, 15) is 19.2 Å². The van der Waals surface area contributed by atoms with Crippen LogP contribution in [0, 0.1) is 17.3 Å². The zero-order chi connectivity index (χ0) is 21.6. The molecule has 2 N–H and O–H groups in total. The number of amides is 5. The second-order valence-corrected chi connectivity index (χ2v) is 9.75. The quantitative estimate of drug-likeness (QED) is 0.641. The minimum absolute atomic E-state index is 0.0121. The van der Waals surface area contributed by atoms with Crippen molar-refractivity contribution in [1.29, 1.82) is 0 Å². The van der Waals surface area contributed by atoms with Crippen LogP contribution in [0.15, 0.2) is 0 Å². The van der Waals surface area contributed by atoms with Gasteiger partial charge in [0.1, 0.15) is 6.04 Å². The average molecular weight is 419 g/mol. The summed E-state index contributed by atoms with van der Waals surface area (Å²) in [5.41, 5.74) is -0.604. The van der Waals surface area contributed by atoms with E-state index in [-0.39, 0.29) is 47.7 Å². The molecular weight excluding hydrogens is 384 g/mol. The van der Waals surface area contributed by atoms with Gasteiger partial charge in [-0.2, -0.15) is 0 Å². The molecule has 0 radical (unpaired) electrons. The lowest BCUT2D eigenvalue weighted by Gasteiger charge is -2.44. The van der Waals surface area contributed by atoms with E-state index in [0.29, 0.717) is 19.5 Å². The highest BCUT2D eigenvalue weighted by Gasteiger charge is 2.68. The van der Waals surface area contributed by atoms with Gasteiger partial charge >= 0.3 is 6.03 Å². The summed E-state index contributed by atoms with van der Waals surface area (Å²) in [6, 6.07) is -1.46. The van der Waals surface area contributed by atoms with Crippen LogP contribution in [0.1, 0.15) is 65.7 Å². The van der Waals surface area contributed by atoms with Gasteiger partial charge in [0, 0.05) is 19.0 Å². The van der Waals surface area contributed by atoms with Crippen LogP contribution in [-0.2, 0) is 14.4 Å². The highest BCUT2D eigenvalue weighted by Crippen LogP contribution is 2.56. The smallest absolute Gasteiger partial charge is 0.315 e. The number of carbonyl (C=O) groups excluding carboxylic acids is 4. The van der Waals surface area contributed by atoms with Crippen LogP contribution in [-0.4, -0.2) is 64.8 Å². The van der Waals surface area contributed by atoms with Gasteiger partial charge in [-0.3, -0.25) is 19.3 Å². The lowest BCUT2D eigenvalue weighted by Crippen LogP contribution is -2.59. The first-order valence-corrected chi connectivity index (χ1v) is 11.5. The van der Waals surface area contributed by atoms with Gasteiger partial charge in [-0.05, 0) is 44.4 Å². The minimum Gasteiger partial charge on any atom is -0.338 e. The van der Waals surface area contributed by atoms with Crippen LogP contribution in [0.2, 0.25) is 0 Å². The van der Waals surface area contributed by atoms with Crippen molar-refractivity contribution >= 4 is 23.8 Å². The van der Waals surface area contributed by atoms with Gasteiger partial charge in [0.15, 0.2) is 0 Å². The molecule has 2 heterocycles. The Hall–Kier alpha value is -2.12. The van der Waals surface area contributed by atoms with Crippen molar-refractivity contribution in [2.24, 2.45) is 17.3 Å². The van der Waals surface area contributed by atoms with E-state index in [1.165, 1.54) is 4.90 Å². The molecule has 4 aliphatic rings. The summed E-state index contributed by atoms with van der Waals surface area (Å²) in [7, 11) is 0. The van der Waals surface area contributed by atoms with E-state index < -0.39 is 11.5 Å². The molecule has 0 unspecified atom stereocenters. The van der Waals surface area contributed by atoms with Crippen LogP contribution in [0.25, 0.3) is 0 Å². The maximum atomic E-state index is 13.6. The first-order valence-electron chi connectivity index (χ1n) is 11.5. The van der Waals surface area contributed by atoms with Crippen molar-refractivity contribution in [3.05, 3.63) is 0 Å². The Bertz CT molecular complexity index is 743. The molecule has 2 saturated carbocycles. The topological polar surface area (TPSA) is 98.8 Å². The summed E-state index contributed by atoms with van der Waals surface area (Å²) < 4.78 is 0. The molecule has 0 aromatic rings. The van der Waals surface area contributed by atoms with Gasteiger partial charge in [0.25, 0.3) is 0 Å². The Morgan fingerprint density at radius 3 is 2.40 bits per heavy atom. The molecule has 8 heteroatoms. The maximum absolute atomic E-state index is 13.6. The molecule has 0 aromatic heterocycles. The predicted molar refractivity (Wildman–Crippen MR) is 110 cm³/mol. The fourth-order valence-corrected chi connectivity index (χ4v) is 5.46. The zero-order valence-corrected chi connectivity index (χ0v) is 18.3. The van der Waals surface area contributed by atoms with E-state index in [1.807, 2.05) is 25.7 Å². The molecule has 8 nitrogen and oxygen atoms in total. The SMILES string of the molecule is CCCNC(=O)N[C@H](C(=O)N1CC[C@H]2[C@H]1C1(CCC1)C(=O)N2C(=O)C1CC1)C(C)C. The largest absolute Gasteiger partial charge is 0.338 e. The van der Waals surface area contributed by atoms with Crippen molar-refractivity contribution in [1.82, 2.24) is 20.4 Å². The number of likely N-dealkylation sites (tertiary alicyclic amines) is 2. The summed E-state index contributed by atoms with van der Waals surface area (Å²) in [6.07, 6.45) is 5.61. The Morgan fingerprint density at radius 2 is 1.87 bits per heavy atom. The van der Waals surface area contributed by atoms with E-state index in [2.05, 4.69) is 10.6 Å². The van der Waals surface area contributed by atoms with E-state index >= 15 is 0 Å². The normalized spacial score (nSPS) is 27.8. The third kappa shape index (κ3) is 3.28. The molecule has 1 spiro atoms. The Kier molecular flexibility index (Phi) is 5.53. The molecule has 2 aliphatic heterocycles. The molecule has 5 amide bonds. The van der Waals surface area contributed by atoms with Gasteiger partial charge in [-0.15, -0.1) is 0 Å². The fraction of sp³-hybridized carbons (Fsp3) is 0.818. The second kappa shape index (κ2) is 7.85. The third-order valence-electron chi connectivity index (χ3n) is 7.36. The monoisotopic (exact) mass is 418 g/mol. The summed E-state index contributed by atoms with van der Waals surface area (Å²) in [5, 5.41) is 5.61. The van der Waals surface area contributed by atoms with Crippen molar-refractivity contribution in [3.8, 4) is 0 Å². The molecule has 4 rings (SSSR count). The van der Waals surface area contributed by atoms with E-state index in [4.69, 9.17) is 0 Å². The lowest BCUT2D eigenvalue weighted by molar-refractivity contribution is -0.152. The zero-order valence-electron chi connectivity index (χ0n) is 18.3. The highest BCUT2D eigenvalue weighted by molar-refractivity contribution is 6.04. The summed E-state index contributed by atoms with van der Waals surface area (Å²) >= 11 is 0. The second-order valence-electron chi connectivity index (χ2n) is 9.75. The Morgan fingerprint density at radius 1 is 1.17 bits per heavy atom. The Labute approximate surface area is 178 Å². The van der Waals surface area contributed by atoms with E-state index in [1.54, 1.807) is 0 Å². The first-order chi connectivity index (χ1) is 14.3. The molecule has 2 saturated heterocycles. The standard InChI is InChI=1S/C22H34N4O4/c1-4-11-23-21(30)24-16(13(2)3)19(28)25-12-8-15-17(25)22(9-5-10-22)20(29)26(15)18(27)14-6-7-14/h13-17H,4-12H2,1-3H3,(H2,23,24,30)/t15-,16-,17-/m0/s1. The molecule has 4 fully saturated rings. The molecule has 30 heavy (non-hydrogen) atoms. The number of imide groups is 1. The number of rotatable bonds is 6. The highest BCUT2D eigenvalue weighted by atomic mass is 16.2. The van der Waals surface area contributed by atoms with Crippen LogP contribution in [0.4, 0.5) is 4.79 Å². The maximum Gasteiger partial charge on any atom is 0.315 e. The van der Waals surface area contributed by atoms with Crippen molar-refractivity contribution in [3.63, 3.8) is 0 Å². The summed E-state index contributed by atoms with van der Waals surface area (Å²) in [5.74, 6) is -0.327. The fourth-order valence-electron chi connectivity index (χ4n) is 5.46. The summed E-state index contributed by atoms with van der Waals surface area (Å²) in [6.45, 7) is 6.88. The minimum atomic E-state index is -0.652. The van der Waals surface area contributed by atoms with Crippen LogP contribution in [0.3, 0.4) is 0 Å². The van der Waals surface area contributed by atoms with Crippen LogP contribution >= 0.6 is 0 Å². The number of hydrogen-bond acceptors (Lipinski definition) is 4. The molecule has 166 valence electrons. The van der Waals surface area contributed by atoms with Crippen LogP contribution in [0.5, 0.6) is 0 Å². The molecule has 0 bridgehead atoms. The number of nitrogens with one attached hydrogen (secondary N) is 2. The predicted octanol–water partition coefficient (Wildman–Crippen LogP) is 1.64. The molecular formula is C22H34N4O4. The van der Waals surface area contributed by atoms with Gasteiger partial charge in [0.05, 0.1) is 17.5 Å². The van der Waals surface area contributed by atoms with Gasteiger partial charge < -0.3 is 15.5 Å². The number of urea groups is 1. The number of carbonyl (C=O) groups is 4. The molecule has 2 aliphatic carbocycles. The van der Waals surface area contributed by atoms with Crippen LogP contribution < -0.4 is 10.6 Å². The molecule has 0 aromatic carbocycles. The number of nitrogens with zero attached hydrogens (tertiary/aromatic N) is 2. The van der Waals surface area contributed by atoms with Crippen molar-refractivity contribution in [2.75, 3.05) is 13.1 Å². The first kappa shape index (κ1) is 21.1. The van der Waals surface area contributed by atoms with Gasteiger partial charge in [0.2, 0.25) is 17.7 Å². The number of fused-ring (bicyclic) bond motifs is 2. The van der Waals surface area contributed by atoms with Crippen molar-refractivity contribution < 1.29 is 19.2 Å². The third-order valence-corrected chi connectivity index (χ3v) is 7.36. The van der Waals surface area contributed by atoms with Gasteiger partial charge in [-0.1, -0.05) is 27.2 Å².